The van der Waals surface area contributed by atoms with Crippen LogP contribution in [0.5, 0.6) is 0 Å². The summed E-state index contributed by atoms with van der Waals surface area (Å²) in [6.45, 7) is 2.27. The van der Waals surface area contributed by atoms with E-state index in [4.69, 9.17) is 0 Å². The molecule has 2 fully saturated rings. The van der Waals surface area contributed by atoms with Gasteiger partial charge in [0.1, 0.15) is 0 Å². The number of aryl methyl sites for hydroxylation is 1. The molecule has 1 atom stereocenters. The Morgan fingerprint density at radius 1 is 0.964 bits per heavy atom. The van der Waals surface area contributed by atoms with Gasteiger partial charge in [-0.2, -0.15) is 0 Å². The predicted molar refractivity (Wildman–Crippen MR) is 110 cm³/mol. The van der Waals surface area contributed by atoms with Crippen molar-refractivity contribution in [3.63, 3.8) is 0 Å². The number of likely N-dealkylation sites (tertiary alicyclic amines) is 2. The SMILES string of the molecule is O=C1CCCN1Cc1cccc(C(=O)N2CCCC2CCc2ccccc2)c1. The third kappa shape index (κ3) is 4.27. The van der Waals surface area contributed by atoms with Crippen LogP contribution in [-0.2, 0) is 17.8 Å². The van der Waals surface area contributed by atoms with Gasteiger partial charge in [0.05, 0.1) is 0 Å². The monoisotopic (exact) mass is 376 g/mol. The van der Waals surface area contributed by atoms with Crippen LogP contribution >= 0.6 is 0 Å². The zero-order valence-electron chi connectivity index (χ0n) is 16.3. The third-order valence-electron chi connectivity index (χ3n) is 5.97. The van der Waals surface area contributed by atoms with E-state index < -0.39 is 0 Å². The van der Waals surface area contributed by atoms with Gasteiger partial charge in [0.2, 0.25) is 5.91 Å². The smallest absolute Gasteiger partial charge is 0.254 e. The third-order valence-corrected chi connectivity index (χ3v) is 5.97. The van der Waals surface area contributed by atoms with E-state index in [0.717, 1.165) is 56.3 Å². The zero-order valence-corrected chi connectivity index (χ0v) is 16.3. The highest BCUT2D eigenvalue weighted by molar-refractivity contribution is 5.94. The number of carbonyl (C=O) groups excluding carboxylic acids is 2. The molecule has 2 saturated heterocycles. The summed E-state index contributed by atoms with van der Waals surface area (Å²) in [7, 11) is 0. The van der Waals surface area contributed by atoms with Gasteiger partial charge >= 0.3 is 0 Å². The van der Waals surface area contributed by atoms with E-state index in [2.05, 4.69) is 29.2 Å². The Hall–Kier alpha value is -2.62. The second-order valence-corrected chi connectivity index (χ2v) is 7.94. The Morgan fingerprint density at radius 3 is 2.57 bits per heavy atom. The lowest BCUT2D eigenvalue weighted by atomic mass is 10.0. The van der Waals surface area contributed by atoms with Crippen LogP contribution in [0.15, 0.2) is 54.6 Å². The van der Waals surface area contributed by atoms with E-state index in [1.54, 1.807) is 0 Å². The molecule has 2 aliphatic rings. The van der Waals surface area contributed by atoms with Crippen LogP contribution < -0.4 is 0 Å². The molecule has 2 amide bonds. The average Bonchev–Trinajstić information content (AvgIpc) is 3.36. The summed E-state index contributed by atoms with van der Waals surface area (Å²) in [5.41, 5.74) is 3.12. The highest BCUT2D eigenvalue weighted by atomic mass is 16.2. The van der Waals surface area contributed by atoms with Crippen LogP contribution in [0.3, 0.4) is 0 Å². The first kappa shape index (κ1) is 18.7. The molecule has 2 aromatic rings. The summed E-state index contributed by atoms with van der Waals surface area (Å²) in [5.74, 6) is 0.349. The Balaban J connectivity index is 1.41. The lowest BCUT2D eigenvalue weighted by Gasteiger charge is -2.25. The molecule has 0 radical (unpaired) electrons. The fourth-order valence-electron chi connectivity index (χ4n) is 4.44. The minimum Gasteiger partial charge on any atom is -0.338 e. The van der Waals surface area contributed by atoms with Crippen LogP contribution in [-0.4, -0.2) is 40.7 Å². The molecule has 28 heavy (non-hydrogen) atoms. The van der Waals surface area contributed by atoms with Crippen molar-refractivity contribution >= 4 is 11.8 Å². The summed E-state index contributed by atoms with van der Waals surface area (Å²) in [6, 6.07) is 18.7. The zero-order chi connectivity index (χ0) is 19.3. The highest BCUT2D eigenvalue weighted by Gasteiger charge is 2.29. The molecule has 2 aliphatic heterocycles. The fraction of sp³-hybridized carbons (Fsp3) is 0.417. The Labute approximate surface area is 167 Å². The number of nitrogens with zero attached hydrogens (tertiary/aromatic N) is 2. The summed E-state index contributed by atoms with van der Waals surface area (Å²) >= 11 is 0. The van der Waals surface area contributed by atoms with Crippen molar-refractivity contribution in [2.45, 2.75) is 51.1 Å². The molecule has 0 spiro atoms. The number of hydrogen-bond donors (Lipinski definition) is 0. The van der Waals surface area contributed by atoms with Crippen molar-refractivity contribution in [2.75, 3.05) is 13.1 Å². The summed E-state index contributed by atoms with van der Waals surface area (Å²) in [5, 5.41) is 0. The molecule has 2 aromatic carbocycles. The molecule has 0 saturated carbocycles. The minimum absolute atomic E-state index is 0.130. The van der Waals surface area contributed by atoms with E-state index in [0.29, 0.717) is 19.0 Å². The summed E-state index contributed by atoms with van der Waals surface area (Å²) < 4.78 is 0. The van der Waals surface area contributed by atoms with E-state index in [1.165, 1.54) is 5.56 Å². The fourth-order valence-corrected chi connectivity index (χ4v) is 4.44. The average molecular weight is 377 g/mol. The van der Waals surface area contributed by atoms with E-state index in [9.17, 15) is 9.59 Å². The Morgan fingerprint density at radius 2 is 1.79 bits per heavy atom. The molecule has 2 heterocycles. The molecular formula is C24H28N2O2. The maximum atomic E-state index is 13.2. The van der Waals surface area contributed by atoms with Crippen LogP contribution in [0, 0.1) is 0 Å². The first-order chi connectivity index (χ1) is 13.7. The molecule has 1 unspecified atom stereocenters. The standard InChI is InChI=1S/C24H28N2O2/c27-23-12-6-15-25(23)18-20-9-4-10-21(17-20)24(28)26-16-5-11-22(26)14-13-19-7-2-1-3-8-19/h1-4,7-10,17,22H,5-6,11-16,18H2. The van der Waals surface area contributed by atoms with Crippen LogP contribution in [0.25, 0.3) is 0 Å². The van der Waals surface area contributed by atoms with Gasteiger partial charge in [-0.3, -0.25) is 9.59 Å². The molecule has 0 N–H and O–H groups in total. The van der Waals surface area contributed by atoms with Gasteiger partial charge < -0.3 is 9.80 Å². The second-order valence-electron chi connectivity index (χ2n) is 7.94. The van der Waals surface area contributed by atoms with Crippen LogP contribution in [0.2, 0.25) is 0 Å². The van der Waals surface area contributed by atoms with Crippen molar-refractivity contribution in [1.82, 2.24) is 9.80 Å². The van der Waals surface area contributed by atoms with E-state index in [1.807, 2.05) is 35.2 Å². The Kier molecular flexibility index (Phi) is 5.75. The lowest BCUT2D eigenvalue weighted by Crippen LogP contribution is -2.36. The van der Waals surface area contributed by atoms with Crippen molar-refractivity contribution in [2.24, 2.45) is 0 Å². The van der Waals surface area contributed by atoms with Gasteiger partial charge in [-0.05, 0) is 55.4 Å². The number of amides is 2. The largest absolute Gasteiger partial charge is 0.338 e. The van der Waals surface area contributed by atoms with Gasteiger partial charge in [-0.25, -0.2) is 0 Å². The number of carbonyl (C=O) groups is 2. The molecule has 0 aliphatic carbocycles. The highest BCUT2D eigenvalue weighted by Crippen LogP contribution is 2.25. The first-order valence-corrected chi connectivity index (χ1v) is 10.4. The second kappa shape index (κ2) is 8.59. The number of hydrogen-bond acceptors (Lipinski definition) is 2. The molecule has 4 rings (SSSR count). The molecule has 0 aromatic heterocycles. The molecule has 4 heteroatoms. The molecule has 4 nitrogen and oxygen atoms in total. The Bertz CT molecular complexity index is 834. The lowest BCUT2D eigenvalue weighted by molar-refractivity contribution is -0.128. The quantitative estimate of drug-likeness (QED) is 0.763. The minimum atomic E-state index is 0.130. The summed E-state index contributed by atoms with van der Waals surface area (Å²) in [4.78, 5) is 29.0. The van der Waals surface area contributed by atoms with Crippen molar-refractivity contribution in [3.05, 3.63) is 71.3 Å². The molecule has 0 bridgehead atoms. The van der Waals surface area contributed by atoms with E-state index >= 15 is 0 Å². The van der Waals surface area contributed by atoms with Crippen molar-refractivity contribution in [1.29, 1.82) is 0 Å². The van der Waals surface area contributed by atoms with Crippen molar-refractivity contribution in [3.8, 4) is 0 Å². The maximum absolute atomic E-state index is 13.2. The molecule has 146 valence electrons. The van der Waals surface area contributed by atoms with Crippen LogP contribution in [0.4, 0.5) is 0 Å². The van der Waals surface area contributed by atoms with Gasteiger partial charge in [0, 0.05) is 37.7 Å². The normalized spacial score (nSPS) is 19.4. The predicted octanol–water partition coefficient (Wildman–Crippen LogP) is 4.05. The van der Waals surface area contributed by atoms with Gasteiger partial charge in [-0.15, -0.1) is 0 Å². The summed E-state index contributed by atoms with van der Waals surface area (Å²) in [6.07, 6.45) is 5.77. The first-order valence-electron chi connectivity index (χ1n) is 10.4. The van der Waals surface area contributed by atoms with Crippen LogP contribution in [0.1, 0.15) is 53.6 Å². The maximum Gasteiger partial charge on any atom is 0.254 e. The topological polar surface area (TPSA) is 40.6 Å². The van der Waals surface area contributed by atoms with Gasteiger partial charge in [0.25, 0.3) is 5.91 Å². The van der Waals surface area contributed by atoms with Gasteiger partial charge in [-0.1, -0.05) is 42.5 Å². The molecular weight excluding hydrogens is 348 g/mol. The number of benzene rings is 2. The van der Waals surface area contributed by atoms with Gasteiger partial charge in [0.15, 0.2) is 0 Å². The van der Waals surface area contributed by atoms with E-state index in [-0.39, 0.29) is 11.8 Å². The van der Waals surface area contributed by atoms with Crippen molar-refractivity contribution < 1.29 is 9.59 Å². The number of rotatable bonds is 6.